The van der Waals surface area contributed by atoms with Crippen molar-refractivity contribution in [1.29, 1.82) is 0 Å². The summed E-state index contributed by atoms with van der Waals surface area (Å²) in [5.74, 6) is 1.67. The van der Waals surface area contributed by atoms with Crippen LogP contribution in [0.1, 0.15) is 37.7 Å². The SMILES string of the molecule is CC1CC[C@@H](c2ccc3cn[nH]c3c2)C1. The van der Waals surface area contributed by atoms with Crippen molar-refractivity contribution < 1.29 is 0 Å². The topological polar surface area (TPSA) is 28.7 Å². The minimum absolute atomic E-state index is 0.771. The Bertz CT molecular complexity index is 472. The van der Waals surface area contributed by atoms with Gasteiger partial charge in [-0.15, -0.1) is 0 Å². The molecular formula is C13H16N2. The number of nitrogens with one attached hydrogen (secondary N) is 1. The zero-order valence-corrected chi connectivity index (χ0v) is 9.03. The van der Waals surface area contributed by atoms with Crippen LogP contribution >= 0.6 is 0 Å². The molecule has 0 saturated heterocycles. The van der Waals surface area contributed by atoms with Crippen LogP contribution in [-0.2, 0) is 0 Å². The molecule has 1 heterocycles. The molecule has 2 nitrogen and oxygen atoms in total. The summed E-state index contributed by atoms with van der Waals surface area (Å²) in [5, 5.41) is 8.32. The van der Waals surface area contributed by atoms with Gasteiger partial charge in [-0.3, -0.25) is 5.10 Å². The highest BCUT2D eigenvalue weighted by molar-refractivity contribution is 5.78. The van der Waals surface area contributed by atoms with Crippen molar-refractivity contribution in [3.05, 3.63) is 30.0 Å². The molecule has 3 rings (SSSR count). The second kappa shape index (κ2) is 3.37. The molecule has 0 radical (unpaired) electrons. The molecule has 15 heavy (non-hydrogen) atoms. The van der Waals surface area contributed by atoms with E-state index in [0.29, 0.717) is 0 Å². The van der Waals surface area contributed by atoms with E-state index in [1.165, 1.54) is 35.7 Å². The van der Waals surface area contributed by atoms with E-state index in [-0.39, 0.29) is 0 Å². The fourth-order valence-electron chi connectivity index (χ4n) is 2.72. The minimum atomic E-state index is 0.771. The van der Waals surface area contributed by atoms with Crippen LogP contribution < -0.4 is 0 Å². The van der Waals surface area contributed by atoms with Gasteiger partial charge < -0.3 is 0 Å². The number of aromatic nitrogens is 2. The van der Waals surface area contributed by atoms with Crippen LogP contribution in [-0.4, -0.2) is 10.2 Å². The van der Waals surface area contributed by atoms with E-state index in [1.807, 2.05) is 6.20 Å². The maximum atomic E-state index is 4.06. The Kier molecular flexibility index (Phi) is 2.01. The molecule has 78 valence electrons. The number of H-pyrrole nitrogens is 1. The molecule has 1 aromatic carbocycles. The number of nitrogens with zero attached hydrogens (tertiary/aromatic N) is 1. The zero-order valence-electron chi connectivity index (χ0n) is 9.03. The predicted molar refractivity (Wildman–Crippen MR) is 61.8 cm³/mol. The first-order valence-electron chi connectivity index (χ1n) is 5.76. The number of hydrogen-bond donors (Lipinski definition) is 1. The number of rotatable bonds is 1. The van der Waals surface area contributed by atoms with Crippen LogP contribution in [0, 0.1) is 5.92 Å². The minimum Gasteiger partial charge on any atom is -0.278 e. The largest absolute Gasteiger partial charge is 0.278 e. The lowest BCUT2D eigenvalue weighted by atomic mass is 9.96. The van der Waals surface area contributed by atoms with Gasteiger partial charge in [0.2, 0.25) is 0 Å². The lowest BCUT2D eigenvalue weighted by Gasteiger charge is -2.09. The summed E-state index contributed by atoms with van der Waals surface area (Å²) in [6.45, 7) is 2.36. The average molecular weight is 200 g/mol. The van der Waals surface area contributed by atoms with Crippen LogP contribution in [0.3, 0.4) is 0 Å². The Balaban J connectivity index is 1.97. The van der Waals surface area contributed by atoms with Gasteiger partial charge in [0.25, 0.3) is 0 Å². The van der Waals surface area contributed by atoms with Crippen LogP contribution in [0.15, 0.2) is 24.4 Å². The van der Waals surface area contributed by atoms with Gasteiger partial charge in [0.15, 0.2) is 0 Å². The second-order valence-corrected chi connectivity index (χ2v) is 4.83. The van der Waals surface area contributed by atoms with E-state index in [0.717, 1.165) is 11.8 Å². The first-order chi connectivity index (χ1) is 7.33. The Morgan fingerprint density at radius 1 is 1.33 bits per heavy atom. The first-order valence-corrected chi connectivity index (χ1v) is 5.76. The fraction of sp³-hybridized carbons (Fsp3) is 0.462. The van der Waals surface area contributed by atoms with Crippen LogP contribution in [0.5, 0.6) is 0 Å². The Morgan fingerprint density at radius 2 is 2.27 bits per heavy atom. The highest BCUT2D eigenvalue weighted by Crippen LogP contribution is 2.38. The van der Waals surface area contributed by atoms with Crippen molar-refractivity contribution in [3.8, 4) is 0 Å². The van der Waals surface area contributed by atoms with Gasteiger partial charge in [-0.1, -0.05) is 25.5 Å². The quantitative estimate of drug-likeness (QED) is 0.750. The number of aromatic amines is 1. The molecule has 2 heteroatoms. The second-order valence-electron chi connectivity index (χ2n) is 4.83. The van der Waals surface area contributed by atoms with Crippen LogP contribution in [0.2, 0.25) is 0 Å². The molecule has 1 saturated carbocycles. The standard InChI is InChI=1S/C13H16N2/c1-9-2-3-10(6-9)11-4-5-12-8-14-15-13(12)7-11/h4-5,7-10H,2-3,6H2,1H3,(H,14,15)/t9?,10-/m1/s1. The molecule has 1 aliphatic carbocycles. The highest BCUT2D eigenvalue weighted by atomic mass is 15.1. The van der Waals surface area contributed by atoms with Crippen LogP contribution in [0.4, 0.5) is 0 Å². The number of benzene rings is 1. The molecule has 0 bridgehead atoms. The summed E-state index contributed by atoms with van der Waals surface area (Å²) in [6, 6.07) is 6.71. The predicted octanol–water partition coefficient (Wildman–Crippen LogP) is 3.47. The normalized spacial score (nSPS) is 26.2. The van der Waals surface area contributed by atoms with E-state index in [9.17, 15) is 0 Å². The summed E-state index contributed by atoms with van der Waals surface area (Å²) in [5.41, 5.74) is 2.66. The monoisotopic (exact) mass is 200 g/mol. The molecule has 1 aromatic heterocycles. The lowest BCUT2D eigenvalue weighted by molar-refractivity contribution is 0.596. The summed E-state index contributed by atoms with van der Waals surface area (Å²) in [7, 11) is 0. The summed E-state index contributed by atoms with van der Waals surface area (Å²) < 4.78 is 0. The van der Waals surface area contributed by atoms with Crippen molar-refractivity contribution in [2.45, 2.75) is 32.1 Å². The third-order valence-electron chi connectivity index (χ3n) is 3.63. The van der Waals surface area contributed by atoms with Gasteiger partial charge in [-0.25, -0.2) is 0 Å². The van der Waals surface area contributed by atoms with Crippen LogP contribution in [0.25, 0.3) is 10.9 Å². The van der Waals surface area contributed by atoms with E-state index < -0.39 is 0 Å². The third-order valence-corrected chi connectivity index (χ3v) is 3.63. The Labute approximate surface area is 89.7 Å². The van der Waals surface area contributed by atoms with Gasteiger partial charge in [0.1, 0.15) is 0 Å². The van der Waals surface area contributed by atoms with Crippen molar-refractivity contribution in [2.75, 3.05) is 0 Å². The fourth-order valence-corrected chi connectivity index (χ4v) is 2.72. The zero-order chi connectivity index (χ0) is 10.3. The lowest BCUT2D eigenvalue weighted by Crippen LogP contribution is -1.93. The Morgan fingerprint density at radius 3 is 3.07 bits per heavy atom. The molecular weight excluding hydrogens is 184 g/mol. The van der Waals surface area contributed by atoms with Gasteiger partial charge in [-0.05, 0) is 36.3 Å². The summed E-state index contributed by atoms with van der Waals surface area (Å²) in [6.07, 6.45) is 5.96. The Hall–Kier alpha value is -1.31. The summed E-state index contributed by atoms with van der Waals surface area (Å²) in [4.78, 5) is 0. The van der Waals surface area contributed by atoms with Gasteiger partial charge in [0, 0.05) is 5.39 Å². The number of fused-ring (bicyclic) bond motifs is 1. The molecule has 2 aromatic rings. The first kappa shape index (κ1) is 8.96. The average Bonchev–Trinajstić information content (AvgIpc) is 2.84. The maximum Gasteiger partial charge on any atom is 0.0653 e. The van der Waals surface area contributed by atoms with E-state index in [1.54, 1.807) is 0 Å². The molecule has 0 amide bonds. The summed E-state index contributed by atoms with van der Waals surface area (Å²) >= 11 is 0. The third kappa shape index (κ3) is 1.54. The highest BCUT2D eigenvalue weighted by Gasteiger charge is 2.22. The molecule has 1 fully saturated rings. The smallest absolute Gasteiger partial charge is 0.0653 e. The van der Waals surface area contributed by atoms with Crippen molar-refractivity contribution in [2.24, 2.45) is 5.92 Å². The molecule has 2 atom stereocenters. The van der Waals surface area contributed by atoms with E-state index in [2.05, 4.69) is 35.3 Å². The molecule has 1 aliphatic rings. The van der Waals surface area contributed by atoms with Gasteiger partial charge in [-0.2, -0.15) is 5.10 Å². The molecule has 0 aliphatic heterocycles. The molecule has 0 spiro atoms. The van der Waals surface area contributed by atoms with Crippen molar-refractivity contribution >= 4 is 10.9 Å². The van der Waals surface area contributed by atoms with E-state index >= 15 is 0 Å². The molecule has 1 N–H and O–H groups in total. The number of hydrogen-bond acceptors (Lipinski definition) is 1. The van der Waals surface area contributed by atoms with Crippen molar-refractivity contribution in [3.63, 3.8) is 0 Å². The molecule has 1 unspecified atom stereocenters. The van der Waals surface area contributed by atoms with E-state index in [4.69, 9.17) is 0 Å². The maximum absolute atomic E-state index is 4.06. The van der Waals surface area contributed by atoms with Gasteiger partial charge in [0.05, 0.1) is 11.7 Å². The van der Waals surface area contributed by atoms with Crippen molar-refractivity contribution in [1.82, 2.24) is 10.2 Å². The van der Waals surface area contributed by atoms with Gasteiger partial charge >= 0.3 is 0 Å².